The maximum absolute atomic E-state index is 11.9. The Morgan fingerprint density at radius 3 is 2.71 bits per heavy atom. The maximum atomic E-state index is 11.9. The standard InChI is InChI=1S/C13H14F3N3O2/c14-13(15,16)8-20-6-5-11-18-12(21-19-11)7-9-3-1-2-4-10(9)17/h1-4H,5-8,17H2. The van der Waals surface area contributed by atoms with E-state index >= 15 is 0 Å². The summed E-state index contributed by atoms with van der Waals surface area (Å²) in [4.78, 5) is 4.09. The highest BCUT2D eigenvalue weighted by atomic mass is 19.4. The number of nitrogens with two attached hydrogens (primary N) is 1. The number of para-hydroxylation sites is 1. The van der Waals surface area contributed by atoms with Crippen LogP contribution in [0, 0.1) is 0 Å². The lowest BCUT2D eigenvalue weighted by Crippen LogP contribution is -2.18. The molecule has 0 atom stereocenters. The number of halogens is 3. The predicted molar refractivity (Wildman–Crippen MR) is 68.5 cm³/mol. The second-order valence-corrected chi connectivity index (χ2v) is 4.40. The molecule has 1 heterocycles. The van der Waals surface area contributed by atoms with Gasteiger partial charge in [-0.1, -0.05) is 23.4 Å². The van der Waals surface area contributed by atoms with Crippen molar-refractivity contribution in [2.24, 2.45) is 0 Å². The predicted octanol–water partition coefficient (Wildman–Crippen LogP) is 2.36. The minimum atomic E-state index is -4.33. The maximum Gasteiger partial charge on any atom is 0.411 e. The molecule has 1 aromatic carbocycles. The minimum absolute atomic E-state index is 0.119. The van der Waals surface area contributed by atoms with Crippen LogP contribution in [0.25, 0.3) is 0 Å². The van der Waals surface area contributed by atoms with Crippen LogP contribution in [0.2, 0.25) is 0 Å². The zero-order valence-electron chi connectivity index (χ0n) is 11.1. The quantitative estimate of drug-likeness (QED) is 0.655. The first-order valence-corrected chi connectivity index (χ1v) is 6.23. The zero-order chi connectivity index (χ0) is 15.3. The Kier molecular flexibility index (Phi) is 4.79. The average Bonchev–Trinajstić information content (AvgIpc) is 2.84. The topological polar surface area (TPSA) is 74.2 Å². The normalized spacial score (nSPS) is 11.8. The molecule has 5 nitrogen and oxygen atoms in total. The Labute approximate surface area is 118 Å². The molecule has 0 saturated heterocycles. The van der Waals surface area contributed by atoms with Gasteiger partial charge in [-0.15, -0.1) is 0 Å². The van der Waals surface area contributed by atoms with Gasteiger partial charge in [-0.2, -0.15) is 18.2 Å². The first-order valence-electron chi connectivity index (χ1n) is 6.23. The van der Waals surface area contributed by atoms with E-state index in [1.165, 1.54) is 0 Å². The van der Waals surface area contributed by atoms with E-state index in [-0.39, 0.29) is 13.0 Å². The second-order valence-electron chi connectivity index (χ2n) is 4.40. The first kappa shape index (κ1) is 15.3. The van der Waals surface area contributed by atoms with Crippen molar-refractivity contribution in [1.29, 1.82) is 0 Å². The van der Waals surface area contributed by atoms with E-state index in [0.717, 1.165) is 5.56 Å². The van der Waals surface area contributed by atoms with E-state index in [1.807, 2.05) is 18.2 Å². The van der Waals surface area contributed by atoms with Gasteiger partial charge in [-0.05, 0) is 11.6 Å². The van der Waals surface area contributed by atoms with Gasteiger partial charge in [-0.3, -0.25) is 0 Å². The molecule has 21 heavy (non-hydrogen) atoms. The molecule has 2 aromatic rings. The molecule has 0 fully saturated rings. The largest absolute Gasteiger partial charge is 0.411 e. The van der Waals surface area contributed by atoms with Crippen molar-refractivity contribution in [2.75, 3.05) is 18.9 Å². The molecule has 2 N–H and O–H groups in total. The van der Waals surface area contributed by atoms with Crippen LogP contribution in [0.4, 0.5) is 18.9 Å². The van der Waals surface area contributed by atoms with Gasteiger partial charge < -0.3 is 15.0 Å². The Morgan fingerprint density at radius 2 is 2.00 bits per heavy atom. The highest BCUT2D eigenvalue weighted by Gasteiger charge is 2.27. The average molecular weight is 301 g/mol. The summed E-state index contributed by atoms with van der Waals surface area (Å²) in [5.74, 6) is 0.667. The molecule has 0 amide bonds. The van der Waals surface area contributed by atoms with E-state index in [4.69, 9.17) is 10.3 Å². The number of nitrogens with zero attached hydrogens (tertiary/aromatic N) is 2. The van der Waals surface area contributed by atoms with E-state index in [1.54, 1.807) is 6.07 Å². The molecule has 0 spiro atoms. The molecule has 8 heteroatoms. The number of anilines is 1. The van der Waals surface area contributed by atoms with Crippen LogP contribution in [0.3, 0.4) is 0 Å². The third kappa shape index (κ3) is 5.07. The Hall–Kier alpha value is -2.09. The van der Waals surface area contributed by atoms with Crippen molar-refractivity contribution in [3.05, 3.63) is 41.5 Å². The van der Waals surface area contributed by atoms with Gasteiger partial charge in [0, 0.05) is 12.1 Å². The van der Waals surface area contributed by atoms with Gasteiger partial charge in [0.1, 0.15) is 6.61 Å². The number of ether oxygens (including phenoxy) is 1. The summed E-state index contributed by atoms with van der Waals surface area (Å²) in [5, 5.41) is 3.69. The Balaban J connectivity index is 1.83. The van der Waals surface area contributed by atoms with E-state index in [2.05, 4.69) is 14.9 Å². The highest BCUT2D eigenvalue weighted by molar-refractivity contribution is 5.47. The number of hydrogen-bond acceptors (Lipinski definition) is 5. The van der Waals surface area contributed by atoms with Crippen molar-refractivity contribution in [3.8, 4) is 0 Å². The molecular weight excluding hydrogens is 287 g/mol. The molecule has 0 bridgehead atoms. The van der Waals surface area contributed by atoms with Gasteiger partial charge in [0.05, 0.1) is 13.0 Å². The van der Waals surface area contributed by atoms with E-state index in [9.17, 15) is 13.2 Å². The SMILES string of the molecule is Nc1ccccc1Cc1nc(CCOCC(F)(F)F)no1. The number of benzene rings is 1. The lowest BCUT2D eigenvalue weighted by molar-refractivity contribution is -0.173. The lowest BCUT2D eigenvalue weighted by atomic mass is 10.1. The van der Waals surface area contributed by atoms with Crippen molar-refractivity contribution < 1.29 is 22.4 Å². The van der Waals surface area contributed by atoms with Gasteiger partial charge in [0.25, 0.3) is 0 Å². The molecule has 0 radical (unpaired) electrons. The molecular formula is C13H14F3N3O2. The third-order valence-electron chi connectivity index (χ3n) is 2.64. The summed E-state index contributed by atoms with van der Waals surface area (Å²) >= 11 is 0. The fourth-order valence-electron chi connectivity index (χ4n) is 1.67. The highest BCUT2D eigenvalue weighted by Crippen LogP contribution is 2.16. The number of rotatable bonds is 6. The zero-order valence-corrected chi connectivity index (χ0v) is 11.1. The van der Waals surface area contributed by atoms with Crippen molar-refractivity contribution in [3.63, 3.8) is 0 Å². The van der Waals surface area contributed by atoms with Crippen LogP contribution in [0.5, 0.6) is 0 Å². The number of hydrogen-bond donors (Lipinski definition) is 1. The third-order valence-corrected chi connectivity index (χ3v) is 2.64. The van der Waals surface area contributed by atoms with Crippen molar-refractivity contribution in [1.82, 2.24) is 10.1 Å². The Morgan fingerprint density at radius 1 is 1.24 bits per heavy atom. The molecule has 0 aliphatic heterocycles. The molecule has 0 saturated carbocycles. The summed E-state index contributed by atoms with van der Waals surface area (Å²) in [6, 6.07) is 7.26. The van der Waals surface area contributed by atoms with Crippen LogP contribution in [-0.2, 0) is 17.6 Å². The number of nitrogen functional groups attached to an aromatic ring is 1. The fraction of sp³-hybridized carbons (Fsp3) is 0.385. The lowest BCUT2D eigenvalue weighted by Gasteiger charge is -2.05. The summed E-state index contributed by atoms with van der Waals surface area (Å²) in [7, 11) is 0. The van der Waals surface area contributed by atoms with E-state index < -0.39 is 12.8 Å². The summed E-state index contributed by atoms with van der Waals surface area (Å²) in [6.07, 6.45) is -3.79. The summed E-state index contributed by atoms with van der Waals surface area (Å²) < 4.78 is 45.1. The van der Waals surface area contributed by atoms with Crippen LogP contribution in [0.1, 0.15) is 17.3 Å². The van der Waals surface area contributed by atoms with Gasteiger partial charge >= 0.3 is 6.18 Å². The molecule has 0 aliphatic rings. The molecule has 114 valence electrons. The minimum Gasteiger partial charge on any atom is -0.398 e. The van der Waals surface area contributed by atoms with Crippen LogP contribution in [0.15, 0.2) is 28.8 Å². The van der Waals surface area contributed by atoms with Gasteiger partial charge in [0.2, 0.25) is 5.89 Å². The molecule has 2 rings (SSSR count). The molecule has 1 aromatic heterocycles. The second kappa shape index (κ2) is 6.57. The molecule has 0 aliphatic carbocycles. The molecule has 0 unspecified atom stereocenters. The summed E-state index contributed by atoms with van der Waals surface area (Å²) in [5.41, 5.74) is 7.26. The fourth-order valence-corrected chi connectivity index (χ4v) is 1.67. The van der Waals surface area contributed by atoms with Crippen LogP contribution < -0.4 is 5.73 Å². The first-order chi connectivity index (χ1) is 9.94. The summed E-state index contributed by atoms with van der Waals surface area (Å²) in [6.45, 7) is -1.40. The van der Waals surface area contributed by atoms with Crippen LogP contribution >= 0.6 is 0 Å². The monoisotopic (exact) mass is 301 g/mol. The number of alkyl halides is 3. The van der Waals surface area contributed by atoms with E-state index in [0.29, 0.717) is 23.8 Å². The van der Waals surface area contributed by atoms with Gasteiger partial charge in [0.15, 0.2) is 5.82 Å². The van der Waals surface area contributed by atoms with Crippen molar-refractivity contribution >= 4 is 5.69 Å². The van der Waals surface area contributed by atoms with Crippen LogP contribution in [-0.4, -0.2) is 29.5 Å². The van der Waals surface area contributed by atoms with Crippen molar-refractivity contribution in [2.45, 2.75) is 19.0 Å². The Bertz CT molecular complexity index is 584. The number of aromatic nitrogens is 2. The smallest absolute Gasteiger partial charge is 0.398 e. The van der Waals surface area contributed by atoms with Gasteiger partial charge in [-0.25, -0.2) is 0 Å².